The molecule has 2 heterocycles. The zero-order chi connectivity index (χ0) is 24.2. The molecule has 2 aromatic carbocycles. The first kappa shape index (κ1) is 24.5. The number of hydrogen-bond acceptors (Lipinski definition) is 6. The van der Waals surface area contributed by atoms with Gasteiger partial charge in [0.25, 0.3) is 0 Å². The Labute approximate surface area is 202 Å². The lowest BCUT2D eigenvalue weighted by molar-refractivity contribution is 0.103. The van der Waals surface area contributed by atoms with E-state index in [2.05, 4.69) is 19.9 Å². The highest BCUT2D eigenvalue weighted by atomic mass is 35.5. The van der Waals surface area contributed by atoms with Gasteiger partial charge in [-0.25, -0.2) is 21.9 Å². The van der Waals surface area contributed by atoms with Crippen molar-refractivity contribution in [3.05, 3.63) is 69.9 Å². The number of carbonyl (C=O) groups excluding carboxylic acids is 1. The Morgan fingerprint density at radius 1 is 1.18 bits per heavy atom. The quantitative estimate of drug-likeness (QED) is 0.188. The number of carbonyl (C=O) groups is 1. The summed E-state index contributed by atoms with van der Waals surface area (Å²) in [4.78, 5) is 19.9. The van der Waals surface area contributed by atoms with E-state index in [1.807, 2.05) is 6.07 Å². The Hall–Kier alpha value is -2.66. The first-order chi connectivity index (χ1) is 16.3. The molecular formula is C23H23ClF2N4O3S. The van der Waals surface area contributed by atoms with Crippen molar-refractivity contribution in [1.82, 2.24) is 15.0 Å². The monoisotopic (exact) mass is 508 g/mol. The van der Waals surface area contributed by atoms with Crippen LogP contribution in [0.15, 0.2) is 36.5 Å². The Kier molecular flexibility index (Phi) is 7.72. The molecule has 0 saturated carbocycles. The number of nitrogens with one attached hydrogen (secondary N) is 2. The molecule has 4 rings (SSSR count). The van der Waals surface area contributed by atoms with Gasteiger partial charge in [-0.2, -0.15) is 0 Å². The predicted molar refractivity (Wildman–Crippen MR) is 128 cm³/mol. The second-order valence-electron chi connectivity index (χ2n) is 7.96. The van der Waals surface area contributed by atoms with E-state index in [0.717, 1.165) is 37.9 Å². The lowest BCUT2D eigenvalue weighted by Crippen LogP contribution is -2.43. The molecular weight excluding hydrogens is 486 g/mol. The van der Waals surface area contributed by atoms with Crippen molar-refractivity contribution in [2.75, 3.05) is 37.6 Å². The van der Waals surface area contributed by atoms with Gasteiger partial charge in [0.15, 0.2) is 17.4 Å². The van der Waals surface area contributed by atoms with Crippen LogP contribution in [-0.4, -0.2) is 51.9 Å². The van der Waals surface area contributed by atoms with Crippen molar-refractivity contribution in [2.24, 2.45) is 0 Å². The third-order valence-electron chi connectivity index (χ3n) is 5.73. The number of thiol groups is 1. The number of benzene rings is 2. The Balaban J connectivity index is 1.65. The molecule has 11 heteroatoms. The molecule has 3 aromatic rings. The molecule has 0 atom stereocenters. The van der Waals surface area contributed by atoms with Crippen LogP contribution in [0.25, 0.3) is 10.9 Å². The smallest absolute Gasteiger partial charge is 0.201 e. The van der Waals surface area contributed by atoms with Gasteiger partial charge in [0, 0.05) is 43.7 Å². The zero-order valence-corrected chi connectivity index (χ0v) is 19.8. The van der Waals surface area contributed by atoms with Crippen molar-refractivity contribution >= 4 is 44.9 Å². The van der Waals surface area contributed by atoms with Crippen LogP contribution < -0.4 is 14.9 Å². The molecule has 34 heavy (non-hydrogen) atoms. The lowest BCUT2D eigenvalue weighted by atomic mass is 9.97. The number of ketones is 1. The molecule has 1 fully saturated rings. The van der Waals surface area contributed by atoms with Gasteiger partial charge >= 0.3 is 0 Å². The molecule has 0 aliphatic carbocycles. The van der Waals surface area contributed by atoms with E-state index in [1.54, 1.807) is 18.3 Å². The van der Waals surface area contributed by atoms with Crippen molar-refractivity contribution in [3.63, 3.8) is 0 Å². The number of pyridine rings is 1. The van der Waals surface area contributed by atoms with Gasteiger partial charge in [0.1, 0.15) is 0 Å². The number of hydrogen-bond donors (Lipinski definition) is 3. The van der Waals surface area contributed by atoms with Crippen LogP contribution in [0.2, 0.25) is 5.02 Å². The maximum atomic E-state index is 14.7. The van der Waals surface area contributed by atoms with E-state index >= 15 is 0 Å². The number of nitrogens with zero attached hydrogens (tertiary/aromatic N) is 2. The summed E-state index contributed by atoms with van der Waals surface area (Å²) in [6.45, 7) is 3.51. The minimum atomic E-state index is -2.75. The minimum Gasteiger partial charge on any atom is -0.368 e. The highest BCUT2D eigenvalue weighted by Gasteiger charge is 2.24. The van der Waals surface area contributed by atoms with Gasteiger partial charge in [-0.1, -0.05) is 11.6 Å². The first-order valence-corrected chi connectivity index (χ1v) is 12.3. The van der Waals surface area contributed by atoms with Gasteiger partial charge in [-0.15, -0.1) is 0 Å². The maximum Gasteiger partial charge on any atom is 0.201 e. The van der Waals surface area contributed by atoms with Crippen molar-refractivity contribution in [1.29, 1.82) is 0 Å². The highest BCUT2D eigenvalue weighted by Crippen LogP contribution is 2.30. The van der Waals surface area contributed by atoms with Crippen LogP contribution in [0.5, 0.6) is 0 Å². The molecule has 2 N–H and O–H groups in total. The number of rotatable bonds is 8. The molecule has 0 radical (unpaired) electrons. The van der Waals surface area contributed by atoms with Gasteiger partial charge in [-0.3, -0.25) is 9.78 Å². The van der Waals surface area contributed by atoms with Crippen LogP contribution >= 0.6 is 11.6 Å². The van der Waals surface area contributed by atoms with E-state index < -0.39 is 33.9 Å². The summed E-state index contributed by atoms with van der Waals surface area (Å²) in [5.41, 5.74) is 1.45. The molecule has 1 saturated heterocycles. The zero-order valence-electron chi connectivity index (χ0n) is 18.1. The van der Waals surface area contributed by atoms with Gasteiger partial charge in [0.05, 0.1) is 28.0 Å². The summed E-state index contributed by atoms with van der Waals surface area (Å²) in [5.74, 6) is -3.24. The summed E-state index contributed by atoms with van der Waals surface area (Å²) in [6.07, 6.45) is 2.25. The van der Waals surface area contributed by atoms with Crippen LogP contribution in [0.1, 0.15) is 27.9 Å². The van der Waals surface area contributed by atoms with Gasteiger partial charge < -0.3 is 10.2 Å². The average molecular weight is 509 g/mol. The second kappa shape index (κ2) is 10.7. The number of aromatic nitrogens is 1. The van der Waals surface area contributed by atoms with Crippen LogP contribution in [-0.2, 0) is 17.3 Å². The van der Waals surface area contributed by atoms with E-state index in [4.69, 9.17) is 11.6 Å². The number of piperazine rings is 1. The second-order valence-corrected chi connectivity index (χ2v) is 9.16. The Morgan fingerprint density at radius 2 is 1.94 bits per heavy atom. The SMILES string of the molecule is O=C(c1ccc2ncc(N3CCNCC3)cc2c1)c1c(F)c(F)cc(CCCN[SH](=O)=O)c1Cl. The van der Waals surface area contributed by atoms with E-state index in [-0.39, 0.29) is 29.1 Å². The third kappa shape index (κ3) is 5.35. The number of anilines is 1. The molecule has 180 valence electrons. The molecule has 1 aliphatic rings. The van der Waals surface area contributed by atoms with Crippen molar-refractivity contribution < 1.29 is 22.0 Å². The summed E-state index contributed by atoms with van der Waals surface area (Å²) >= 11 is 6.33. The highest BCUT2D eigenvalue weighted by molar-refractivity contribution is 7.70. The largest absolute Gasteiger partial charge is 0.368 e. The van der Waals surface area contributed by atoms with Crippen molar-refractivity contribution in [3.8, 4) is 0 Å². The lowest BCUT2D eigenvalue weighted by Gasteiger charge is -2.29. The molecule has 0 amide bonds. The van der Waals surface area contributed by atoms with Crippen molar-refractivity contribution in [2.45, 2.75) is 12.8 Å². The minimum absolute atomic E-state index is 0.115. The fourth-order valence-electron chi connectivity index (χ4n) is 3.99. The fourth-order valence-corrected chi connectivity index (χ4v) is 4.65. The Morgan fingerprint density at radius 3 is 2.68 bits per heavy atom. The number of halogens is 3. The molecule has 1 aliphatic heterocycles. The third-order valence-corrected chi connectivity index (χ3v) is 6.65. The molecule has 1 aromatic heterocycles. The topological polar surface area (TPSA) is 91.4 Å². The maximum absolute atomic E-state index is 14.7. The Bertz CT molecular complexity index is 1310. The van der Waals surface area contributed by atoms with E-state index in [0.29, 0.717) is 17.3 Å². The van der Waals surface area contributed by atoms with Gasteiger partial charge in [0.2, 0.25) is 10.9 Å². The average Bonchev–Trinajstić information content (AvgIpc) is 2.84. The fraction of sp³-hybridized carbons (Fsp3) is 0.304. The molecule has 0 unspecified atom stereocenters. The molecule has 7 nitrogen and oxygen atoms in total. The first-order valence-electron chi connectivity index (χ1n) is 10.8. The molecule has 0 spiro atoms. The number of aryl methyl sites for hydroxylation is 1. The summed E-state index contributed by atoms with van der Waals surface area (Å²) < 4.78 is 52.5. The van der Waals surface area contributed by atoms with E-state index in [9.17, 15) is 22.0 Å². The summed E-state index contributed by atoms with van der Waals surface area (Å²) in [6, 6.07) is 7.64. The van der Waals surface area contributed by atoms with E-state index in [1.165, 1.54) is 6.07 Å². The van der Waals surface area contributed by atoms with Gasteiger partial charge in [-0.05, 0) is 48.7 Å². The van der Waals surface area contributed by atoms with Crippen LogP contribution in [0.3, 0.4) is 0 Å². The predicted octanol–water partition coefficient (Wildman–Crippen LogP) is 2.86. The summed E-state index contributed by atoms with van der Waals surface area (Å²) in [7, 11) is -2.75. The summed E-state index contributed by atoms with van der Waals surface area (Å²) in [5, 5.41) is 3.81. The van der Waals surface area contributed by atoms with Crippen LogP contribution in [0.4, 0.5) is 14.5 Å². The number of fused-ring (bicyclic) bond motifs is 1. The molecule has 0 bridgehead atoms. The van der Waals surface area contributed by atoms with Crippen LogP contribution in [0, 0.1) is 11.6 Å². The standard InChI is InChI=1S/C23H23ClF2N4O3S/c24-21-14(2-1-5-29-34(32)33)12-18(25)22(26)20(21)23(31)15-3-4-19-16(10-15)11-17(13-28-19)30-8-6-27-7-9-30/h3-4,10-13,27,34H,1-2,5-9H2,(H,29,32,33). The normalized spacial score (nSPS) is 14.2.